The summed E-state index contributed by atoms with van der Waals surface area (Å²) in [6, 6.07) is 9.71. The van der Waals surface area contributed by atoms with Crippen molar-refractivity contribution in [2.45, 2.75) is 52.1 Å². The number of amides is 2. The van der Waals surface area contributed by atoms with Crippen molar-refractivity contribution in [2.75, 3.05) is 6.54 Å². The largest absolute Gasteiger partial charge is 0.465 e. The van der Waals surface area contributed by atoms with Crippen LogP contribution in [-0.4, -0.2) is 34.1 Å². The van der Waals surface area contributed by atoms with Gasteiger partial charge < -0.3 is 15.3 Å². The maximum Gasteiger partial charge on any atom is 0.405 e. The molecule has 0 aliphatic rings. The van der Waals surface area contributed by atoms with Gasteiger partial charge in [0.1, 0.15) is 0 Å². The third kappa shape index (κ3) is 6.16. The molecular weight excluding hydrogens is 280 g/mol. The lowest BCUT2D eigenvalue weighted by Gasteiger charge is -2.35. The first-order valence-electron chi connectivity index (χ1n) is 7.67. The van der Waals surface area contributed by atoms with Gasteiger partial charge in [0.05, 0.1) is 5.54 Å². The maximum absolute atomic E-state index is 11.9. The Morgan fingerprint density at radius 3 is 2.41 bits per heavy atom. The Morgan fingerprint density at radius 1 is 1.27 bits per heavy atom. The molecule has 0 aliphatic carbocycles. The van der Waals surface area contributed by atoms with Gasteiger partial charge in [0.2, 0.25) is 5.91 Å². The predicted molar refractivity (Wildman–Crippen MR) is 86.6 cm³/mol. The van der Waals surface area contributed by atoms with E-state index in [1.165, 1.54) is 6.92 Å². The highest BCUT2D eigenvalue weighted by Gasteiger charge is 2.29. The molecule has 22 heavy (non-hydrogen) atoms. The average molecular weight is 306 g/mol. The SMILES string of the molecule is CCCCC(C)(CN(Cc1ccccc1)C(C)=O)NC(=O)O. The van der Waals surface area contributed by atoms with Gasteiger partial charge in [0.15, 0.2) is 0 Å². The summed E-state index contributed by atoms with van der Waals surface area (Å²) in [4.78, 5) is 24.7. The summed E-state index contributed by atoms with van der Waals surface area (Å²) < 4.78 is 0. The van der Waals surface area contributed by atoms with Crippen molar-refractivity contribution in [1.29, 1.82) is 0 Å². The molecule has 0 spiro atoms. The fourth-order valence-corrected chi connectivity index (χ4v) is 2.51. The Bertz CT molecular complexity index is 490. The number of hydrogen-bond acceptors (Lipinski definition) is 2. The molecule has 0 bridgehead atoms. The van der Waals surface area contributed by atoms with Gasteiger partial charge in [-0.25, -0.2) is 4.79 Å². The Kier molecular flexibility index (Phi) is 6.89. The molecular formula is C17H26N2O3. The second-order valence-corrected chi connectivity index (χ2v) is 5.96. The smallest absolute Gasteiger partial charge is 0.405 e. The third-order valence-electron chi connectivity index (χ3n) is 3.69. The van der Waals surface area contributed by atoms with E-state index in [9.17, 15) is 9.59 Å². The van der Waals surface area contributed by atoms with Gasteiger partial charge in [0, 0.05) is 20.0 Å². The summed E-state index contributed by atoms with van der Waals surface area (Å²) in [5.41, 5.74) is 0.397. The van der Waals surface area contributed by atoms with Gasteiger partial charge in [0.25, 0.3) is 0 Å². The van der Waals surface area contributed by atoms with E-state index in [-0.39, 0.29) is 5.91 Å². The molecule has 0 fully saturated rings. The van der Waals surface area contributed by atoms with Crippen molar-refractivity contribution >= 4 is 12.0 Å². The van der Waals surface area contributed by atoms with Crippen molar-refractivity contribution in [2.24, 2.45) is 0 Å². The average Bonchev–Trinajstić information content (AvgIpc) is 2.45. The van der Waals surface area contributed by atoms with Crippen LogP contribution in [0.25, 0.3) is 0 Å². The molecule has 1 aromatic carbocycles. The van der Waals surface area contributed by atoms with Crippen molar-refractivity contribution in [1.82, 2.24) is 10.2 Å². The highest BCUT2D eigenvalue weighted by Crippen LogP contribution is 2.18. The fraction of sp³-hybridized carbons (Fsp3) is 0.529. The lowest BCUT2D eigenvalue weighted by molar-refractivity contribution is -0.130. The van der Waals surface area contributed by atoms with Crippen LogP contribution >= 0.6 is 0 Å². The molecule has 1 aromatic rings. The third-order valence-corrected chi connectivity index (χ3v) is 3.69. The zero-order valence-corrected chi connectivity index (χ0v) is 13.6. The molecule has 0 aromatic heterocycles. The first-order chi connectivity index (χ1) is 10.4. The molecule has 5 nitrogen and oxygen atoms in total. The first-order valence-corrected chi connectivity index (χ1v) is 7.67. The topological polar surface area (TPSA) is 69.6 Å². The molecule has 0 saturated heterocycles. The molecule has 2 amide bonds. The zero-order chi connectivity index (χ0) is 16.6. The van der Waals surface area contributed by atoms with Crippen LogP contribution in [0.15, 0.2) is 30.3 Å². The van der Waals surface area contributed by atoms with Crippen molar-refractivity contribution in [3.05, 3.63) is 35.9 Å². The van der Waals surface area contributed by atoms with Crippen LogP contribution in [0.4, 0.5) is 4.79 Å². The molecule has 122 valence electrons. The Morgan fingerprint density at radius 2 is 1.91 bits per heavy atom. The number of carbonyl (C=O) groups excluding carboxylic acids is 1. The van der Waals surface area contributed by atoms with E-state index < -0.39 is 11.6 Å². The van der Waals surface area contributed by atoms with E-state index in [1.807, 2.05) is 37.3 Å². The van der Waals surface area contributed by atoms with Crippen molar-refractivity contribution in [3.63, 3.8) is 0 Å². The van der Waals surface area contributed by atoms with Crippen LogP contribution in [0.1, 0.15) is 45.6 Å². The van der Waals surface area contributed by atoms with Crippen LogP contribution in [0.5, 0.6) is 0 Å². The van der Waals surface area contributed by atoms with Crippen LogP contribution in [0.3, 0.4) is 0 Å². The number of unbranched alkanes of at least 4 members (excludes halogenated alkanes) is 1. The molecule has 0 aliphatic heterocycles. The minimum absolute atomic E-state index is 0.0567. The summed E-state index contributed by atoms with van der Waals surface area (Å²) >= 11 is 0. The van der Waals surface area contributed by atoms with Gasteiger partial charge in [-0.05, 0) is 18.9 Å². The Labute approximate surface area is 132 Å². The van der Waals surface area contributed by atoms with Gasteiger partial charge in [-0.2, -0.15) is 0 Å². The molecule has 1 rings (SSSR count). The standard InChI is InChI=1S/C17H26N2O3/c1-4-5-11-17(3,18-16(21)22)13-19(14(2)20)12-15-9-7-6-8-10-15/h6-10,18H,4-5,11-13H2,1-3H3,(H,21,22). The first kappa shape index (κ1) is 18.0. The lowest BCUT2D eigenvalue weighted by Crippen LogP contribution is -2.54. The number of nitrogens with one attached hydrogen (secondary N) is 1. The highest BCUT2D eigenvalue weighted by atomic mass is 16.4. The Balaban J connectivity index is 2.84. The predicted octanol–water partition coefficient (Wildman–Crippen LogP) is 3.25. The fourth-order valence-electron chi connectivity index (χ4n) is 2.51. The zero-order valence-electron chi connectivity index (χ0n) is 13.6. The van der Waals surface area contributed by atoms with Crippen molar-refractivity contribution < 1.29 is 14.7 Å². The number of hydrogen-bond donors (Lipinski definition) is 2. The van der Waals surface area contributed by atoms with E-state index in [0.29, 0.717) is 19.5 Å². The normalized spacial score (nSPS) is 13.2. The van der Waals surface area contributed by atoms with Gasteiger partial charge in [-0.3, -0.25) is 4.79 Å². The number of carbonyl (C=O) groups is 2. The summed E-state index contributed by atoms with van der Waals surface area (Å²) in [6.45, 7) is 6.29. The second kappa shape index (κ2) is 8.41. The van der Waals surface area contributed by atoms with E-state index in [4.69, 9.17) is 5.11 Å². The number of rotatable bonds is 8. The van der Waals surface area contributed by atoms with Gasteiger partial charge >= 0.3 is 6.09 Å². The molecule has 0 radical (unpaired) electrons. The minimum atomic E-state index is -1.05. The summed E-state index contributed by atoms with van der Waals surface area (Å²) in [7, 11) is 0. The molecule has 0 heterocycles. The maximum atomic E-state index is 11.9. The highest BCUT2D eigenvalue weighted by molar-refractivity contribution is 5.73. The number of carboxylic acid groups (broad SMARTS) is 1. The minimum Gasteiger partial charge on any atom is -0.465 e. The molecule has 5 heteroatoms. The number of nitrogens with zero attached hydrogens (tertiary/aromatic N) is 1. The Hall–Kier alpha value is -2.04. The van der Waals surface area contributed by atoms with E-state index in [0.717, 1.165) is 18.4 Å². The van der Waals surface area contributed by atoms with E-state index >= 15 is 0 Å². The van der Waals surface area contributed by atoms with E-state index in [2.05, 4.69) is 12.2 Å². The molecule has 0 saturated carbocycles. The van der Waals surface area contributed by atoms with Crippen LogP contribution in [-0.2, 0) is 11.3 Å². The summed E-state index contributed by atoms with van der Waals surface area (Å²) in [5.74, 6) is -0.0567. The van der Waals surface area contributed by atoms with E-state index in [1.54, 1.807) is 4.90 Å². The number of benzene rings is 1. The van der Waals surface area contributed by atoms with Crippen LogP contribution in [0.2, 0.25) is 0 Å². The summed E-state index contributed by atoms with van der Waals surface area (Å²) in [6.07, 6.45) is 1.54. The molecule has 1 unspecified atom stereocenters. The van der Waals surface area contributed by atoms with Crippen molar-refractivity contribution in [3.8, 4) is 0 Å². The summed E-state index contributed by atoms with van der Waals surface area (Å²) in [5, 5.41) is 11.7. The monoisotopic (exact) mass is 306 g/mol. The van der Waals surface area contributed by atoms with Gasteiger partial charge in [-0.15, -0.1) is 0 Å². The van der Waals surface area contributed by atoms with Crippen LogP contribution in [0, 0.1) is 0 Å². The molecule has 2 N–H and O–H groups in total. The van der Waals surface area contributed by atoms with Gasteiger partial charge in [-0.1, -0.05) is 50.1 Å². The molecule has 1 atom stereocenters. The quantitative estimate of drug-likeness (QED) is 0.774. The van der Waals surface area contributed by atoms with Crippen LogP contribution < -0.4 is 5.32 Å². The second-order valence-electron chi connectivity index (χ2n) is 5.96. The lowest BCUT2D eigenvalue weighted by atomic mass is 9.94.